The van der Waals surface area contributed by atoms with Crippen LogP contribution in [0.5, 0.6) is 0 Å². The summed E-state index contributed by atoms with van der Waals surface area (Å²) in [5.74, 6) is -0.316. The Morgan fingerprint density at radius 1 is 1.28 bits per heavy atom. The molecule has 1 aromatic carbocycles. The standard InChI is InChI=1S/C14H14N2O2/c1-9(2)13(17)12-10(3)15-16(14(12)18)11-7-5-4-6-8-11/h4-8,15H,1H2,2-3H3. The summed E-state index contributed by atoms with van der Waals surface area (Å²) < 4.78 is 1.37. The highest BCUT2D eigenvalue weighted by molar-refractivity contribution is 6.08. The van der Waals surface area contributed by atoms with Gasteiger partial charge in [-0.3, -0.25) is 14.7 Å². The molecule has 0 unspecified atom stereocenters. The molecule has 0 bridgehead atoms. The molecule has 0 aliphatic heterocycles. The molecule has 0 aliphatic carbocycles. The molecule has 2 aromatic rings. The van der Waals surface area contributed by atoms with Gasteiger partial charge in [-0.25, -0.2) is 4.68 Å². The van der Waals surface area contributed by atoms with E-state index < -0.39 is 0 Å². The summed E-state index contributed by atoms with van der Waals surface area (Å²) >= 11 is 0. The Bertz CT molecular complexity index is 663. The predicted molar refractivity (Wildman–Crippen MR) is 70.3 cm³/mol. The Morgan fingerprint density at radius 2 is 1.89 bits per heavy atom. The van der Waals surface area contributed by atoms with Crippen LogP contribution in [0.25, 0.3) is 5.69 Å². The van der Waals surface area contributed by atoms with Crippen LogP contribution in [0.1, 0.15) is 23.0 Å². The monoisotopic (exact) mass is 242 g/mol. The molecule has 1 aromatic heterocycles. The van der Waals surface area contributed by atoms with E-state index in [0.29, 0.717) is 17.0 Å². The molecule has 2 rings (SSSR count). The van der Waals surface area contributed by atoms with Crippen molar-refractivity contribution in [3.8, 4) is 5.69 Å². The van der Waals surface area contributed by atoms with Crippen molar-refractivity contribution in [1.82, 2.24) is 9.78 Å². The number of aromatic nitrogens is 2. The highest BCUT2D eigenvalue weighted by Gasteiger charge is 2.19. The molecule has 0 radical (unpaired) electrons. The number of nitrogens with one attached hydrogen (secondary N) is 1. The minimum Gasteiger partial charge on any atom is -0.295 e. The number of aromatic amines is 1. The molecule has 18 heavy (non-hydrogen) atoms. The first-order valence-electron chi connectivity index (χ1n) is 5.59. The molecule has 0 saturated heterocycles. The zero-order valence-corrected chi connectivity index (χ0v) is 10.4. The number of Topliss-reactive ketones (excluding diaryl/α,β-unsaturated/α-hetero) is 1. The first kappa shape index (κ1) is 12.1. The Hall–Kier alpha value is -2.36. The molecule has 0 saturated carbocycles. The van der Waals surface area contributed by atoms with Crippen molar-refractivity contribution in [1.29, 1.82) is 0 Å². The normalized spacial score (nSPS) is 10.3. The summed E-state index contributed by atoms with van der Waals surface area (Å²) in [6.07, 6.45) is 0. The summed E-state index contributed by atoms with van der Waals surface area (Å²) in [4.78, 5) is 24.1. The minimum absolute atomic E-state index is 0.159. The number of aryl methyl sites for hydroxylation is 1. The van der Waals surface area contributed by atoms with E-state index in [0.717, 1.165) is 0 Å². The van der Waals surface area contributed by atoms with Crippen molar-refractivity contribution >= 4 is 5.78 Å². The van der Waals surface area contributed by atoms with Crippen molar-refractivity contribution in [3.05, 3.63) is 64.1 Å². The molecular formula is C14H14N2O2. The molecule has 0 fully saturated rings. The largest absolute Gasteiger partial charge is 0.295 e. The van der Waals surface area contributed by atoms with Crippen LogP contribution in [0.3, 0.4) is 0 Å². The predicted octanol–water partition coefficient (Wildman–Crippen LogP) is 2.23. The van der Waals surface area contributed by atoms with E-state index in [1.165, 1.54) is 4.68 Å². The lowest BCUT2D eigenvalue weighted by Crippen LogP contribution is -2.20. The zero-order valence-electron chi connectivity index (χ0n) is 10.4. The van der Waals surface area contributed by atoms with Gasteiger partial charge in [0.05, 0.1) is 5.69 Å². The molecule has 0 amide bonds. The number of ketones is 1. The van der Waals surface area contributed by atoms with E-state index >= 15 is 0 Å². The van der Waals surface area contributed by atoms with Crippen molar-refractivity contribution in [2.75, 3.05) is 0 Å². The van der Waals surface area contributed by atoms with E-state index in [4.69, 9.17) is 0 Å². The third kappa shape index (κ3) is 1.93. The van der Waals surface area contributed by atoms with Crippen molar-refractivity contribution in [3.63, 3.8) is 0 Å². The van der Waals surface area contributed by atoms with Gasteiger partial charge in [-0.2, -0.15) is 0 Å². The van der Waals surface area contributed by atoms with Crippen molar-refractivity contribution < 1.29 is 4.79 Å². The van der Waals surface area contributed by atoms with Gasteiger partial charge in [0, 0.05) is 5.69 Å². The molecule has 1 heterocycles. The second-order valence-electron chi connectivity index (χ2n) is 4.20. The van der Waals surface area contributed by atoms with Gasteiger partial charge in [0.1, 0.15) is 5.56 Å². The third-order valence-corrected chi connectivity index (χ3v) is 2.70. The lowest BCUT2D eigenvalue weighted by atomic mass is 10.1. The molecule has 4 heteroatoms. The number of hydrogen-bond donors (Lipinski definition) is 1. The second-order valence-corrected chi connectivity index (χ2v) is 4.20. The number of rotatable bonds is 3. The number of allylic oxidation sites excluding steroid dienone is 1. The van der Waals surface area contributed by atoms with Crippen LogP contribution < -0.4 is 5.56 Å². The number of H-pyrrole nitrogens is 1. The fraction of sp³-hybridized carbons (Fsp3) is 0.143. The molecule has 1 N–H and O–H groups in total. The van der Waals surface area contributed by atoms with E-state index in [2.05, 4.69) is 11.7 Å². The average molecular weight is 242 g/mol. The summed E-state index contributed by atoms with van der Waals surface area (Å²) in [6, 6.07) is 9.12. The summed E-state index contributed by atoms with van der Waals surface area (Å²) in [5, 5.41) is 2.91. The van der Waals surface area contributed by atoms with Crippen LogP contribution in [0.2, 0.25) is 0 Å². The van der Waals surface area contributed by atoms with Crippen LogP contribution >= 0.6 is 0 Å². The van der Waals surface area contributed by atoms with Gasteiger partial charge >= 0.3 is 0 Å². The van der Waals surface area contributed by atoms with Crippen LogP contribution in [-0.4, -0.2) is 15.6 Å². The Kier molecular flexibility index (Phi) is 3.02. The Labute approximate surface area is 105 Å². The highest BCUT2D eigenvalue weighted by Crippen LogP contribution is 2.09. The van der Waals surface area contributed by atoms with Gasteiger partial charge in [-0.15, -0.1) is 0 Å². The molecule has 0 aliphatic rings. The quantitative estimate of drug-likeness (QED) is 0.663. The van der Waals surface area contributed by atoms with Gasteiger partial charge in [0.15, 0.2) is 5.78 Å². The number of nitrogens with zero attached hydrogens (tertiary/aromatic N) is 1. The molecule has 92 valence electrons. The topological polar surface area (TPSA) is 54.9 Å². The second kappa shape index (κ2) is 4.49. The van der Waals surface area contributed by atoms with Gasteiger partial charge in [0.2, 0.25) is 0 Å². The lowest BCUT2D eigenvalue weighted by molar-refractivity contribution is 0.103. The number of carbonyl (C=O) groups excluding carboxylic acids is 1. The maximum Gasteiger partial charge on any atom is 0.282 e. The first-order chi connectivity index (χ1) is 8.52. The van der Waals surface area contributed by atoms with Crippen LogP contribution in [0.15, 0.2) is 47.3 Å². The molecule has 0 atom stereocenters. The average Bonchev–Trinajstić information content (AvgIpc) is 2.65. The van der Waals surface area contributed by atoms with E-state index in [-0.39, 0.29) is 16.9 Å². The molecule has 4 nitrogen and oxygen atoms in total. The van der Waals surface area contributed by atoms with E-state index in [9.17, 15) is 9.59 Å². The summed E-state index contributed by atoms with van der Waals surface area (Å²) in [6.45, 7) is 6.89. The van der Waals surface area contributed by atoms with E-state index in [1.807, 2.05) is 18.2 Å². The van der Waals surface area contributed by atoms with Crippen molar-refractivity contribution in [2.45, 2.75) is 13.8 Å². The fourth-order valence-electron chi connectivity index (χ4n) is 1.79. The van der Waals surface area contributed by atoms with Crippen LogP contribution in [0, 0.1) is 6.92 Å². The number of benzene rings is 1. The van der Waals surface area contributed by atoms with Gasteiger partial charge in [0.25, 0.3) is 5.56 Å². The Morgan fingerprint density at radius 3 is 2.44 bits per heavy atom. The summed E-state index contributed by atoms with van der Waals surface area (Å²) in [7, 11) is 0. The molecular weight excluding hydrogens is 228 g/mol. The fourth-order valence-corrected chi connectivity index (χ4v) is 1.79. The smallest absolute Gasteiger partial charge is 0.282 e. The molecule has 0 spiro atoms. The van der Waals surface area contributed by atoms with Gasteiger partial charge in [-0.05, 0) is 31.6 Å². The Balaban J connectivity index is 2.62. The van der Waals surface area contributed by atoms with Crippen LogP contribution in [-0.2, 0) is 0 Å². The number of hydrogen-bond acceptors (Lipinski definition) is 2. The SMILES string of the molecule is C=C(C)C(=O)c1c(C)[nH]n(-c2ccccc2)c1=O. The van der Waals surface area contributed by atoms with Crippen molar-refractivity contribution in [2.24, 2.45) is 0 Å². The number of carbonyl (C=O) groups is 1. The zero-order chi connectivity index (χ0) is 13.3. The van der Waals surface area contributed by atoms with E-state index in [1.54, 1.807) is 26.0 Å². The number of para-hydroxylation sites is 1. The lowest BCUT2D eigenvalue weighted by Gasteiger charge is -1.99. The van der Waals surface area contributed by atoms with Gasteiger partial charge < -0.3 is 0 Å². The highest BCUT2D eigenvalue weighted by atomic mass is 16.2. The van der Waals surface area contributed by atoms with Gasteiger partial charge in [-0.1, -0.05) is 24.8 Å². The van der Waals surface area contributed by atoms with Crippen LogP contribution in [0.4, 0.5) is 0 Å². The summed E-state index contributed by atoms with van der Waals surface area (Å²) in [5.41, 5.74) is 1.43. The minimum atomic E-state index is -0.341. The first-order valence-corrected chi connectivity index (χ1v) is 5.59. The maximum absolute atomic E-state index is 12.2. The third-order valence-electron chi connectivity index (χ3n) is 2.70. The maximum atomic E-state index is 12.2.